The number of aryl methyl sites for hydroxylation is 1. The number of piperidine rings is 2. The summed E-state index contributed by atoms with van der Waals surface area (Å²) >= 11 is 0. The van der Waals surface area contributed by atoms with E-state index in [4.69, 9.17) is 0 Å². The summed E-state index contributed by atoms with van der Waals surface area (Å²) in [6.07, 6.45) is 5.37. The van der Waals surface area contributed by atoms with Crippen LogP contribution >= 0.6 is 0 Å². The number of nitrogens with zero attached hydrogens (tertiary/aromatic N) is 3. The van der Waals surface area contributed by atoms with Crippen molar-refractivity contribution in [1.82, 2.24) is 19.8 Å². The number of aromatic amines is 1. The number of rotatable bonds is 2. The summed E-state index contributed by atoms with van der Waals surface area (Å²) in [5.74, 6) is 0.0332. The van der Waals surface area contributed by atoms with Gasteiger partial charge in [0.05, 0.1) is 12.4 Å². The molecule has 1 aromatic heterocycles. The summed E-state index contributed by atoms with van der Waals surface area (Å²) in [5, 5.41) is 9.79. The molecule has 0 bridgehead atoms. The number of carbonyl (C=O) groups excluding carboxylic acids is 1. The highest BCUT2D eigenvalue weighted by Gasteiger charge is 2.30. The fourth-order valence-corrected chi connectivity index (χ4v) is 3.47. The molecule has 2 saturated heterocycles. The molecule has 0 saturated carbocycles. The van der Waals surface area contributed by atoms with E-state index < -0.39 is 0 Å². The maximum atomic E-state index is 12.4. The van der Waals surface area contributed by atoms with E-state index >= 15 is 0 Å². The van der Waals surface area contributed by atoms with Crippen molar-refractivity contribution in [2.24, 2.45) is 0 Å². The van der Waals surface area contributed by atoms with Crippen LogP contribution < -0.4 is 0 Å². The fraction of sp³-hybridized carbons (Fsp3) is 0.733. The summed E-state index contributed by atoms with van der Waals surface area (Å²) in [4.78, 5) is 23.8. The van der Waals surface area contributed by atoms with Crippen LogP contribution in [0.2, 0.25) is 0 Å². The minimum absolute atomic E-state index is 0.0332. The van der Waals surface area contributed by atoms with Crippen LogP contribution in [0.3, 0.4) is 0 Å². The van der Waals surface area contributed by atoms with Crippen molar-refractivity contribution in [2.45, 2.75) is 44.8 Å². The predicted molar refractivity (Wildman–Crippen MR) is 79.1 cm³/mol. The van der Waals surface area contributed by atoms with E-state index in [0.717, 1.165) is 57.6 Å². The van der Waals surface area contributed by atoms with Gasteiger partial charge in [0.15, 0.2) is 0 Å². The van der Waals surface area contributed by atoms with E-state index in [1.54, 1.807) is 6.33 Å². The zero-order valence-corrected chi connectivity index (χ0v) is 12.6. The van der Waals surface area contributed by atoms with Crippen molar-refractivity contribution in [3.63, 3.8) is 0 Å². The van der Waals surface area contributed by atoms with Gasteiger partial charge in [-0.15, -0.1) is 0 Å². The van der Waals surface area contributed by atoms with Gasteiger partial charge in [-0.1, -0.05) is 0 Å². The Morgan fingerprint density at radius 2 is 2.10 bits per heavy atom. The zero-order valence-electron chi connectivity index (χ0n) is 12.6. The average Bonchev–Trinajstić information content (AvgIpc) is 2.93. The molecule has 1 aromatic rings. The molecule has 0 radical (unpaired) electrons. The number of imidazole rings is 1. The molecule has 2 N–H and O–H groups in total. The molecule has 21 heavy (non-hydrogen) atoms. The van der Waals surface area contributed by atoms with Crippen molar-refractivity contribution >= 4 is 5.91 Å². The second-order valence-electron chi connectivity index (χ2n) is 6.19. The van der Waals surface area contributed by atoms with E-state index in [9.17, 15) is 9.90 Å². The quantitative estimate of drug-likeness (QED) is 0.845. The summed E-state index contributed by atoms with van der Waals surface area (Å²) in [6.45, 7) is 5.30. The van der Waals surface area contributed by atoms with Crippen molar-refractivity contribution < 1.29 is 9.90 Å². The summed E-state index contributed by atoms with van der Waals surface area (Å²) in [5.41, 5.74) is 1.38. The van der Waals surface area contributed by atoms with Crippen LogP contribution in [0, 0.1) is 6.92 Å². The van der Waals surface area contributed by atoms with Gasteiger partial charge in [0, 0.05) is 31.4 Å². The van der Waals surface area contributed by atoms with Crippen molar-refractivity contribution in [2.75, 3.05) is 26.2 Å². The Hall–Kier alpha value is -1.40. The molecule has 2 aliphatic rings. The van der Waals surface area contributed by atoms with Crippen LogP contribution in [0.4, 0.5) is 0 Å². The van der Waals surface area contributed by atoms with E-state index in [0.29, 0.717) is 11.7 Å². The van der Waals surface area contributed by atoms with Gasteiger partial charge in [0.25, 0.3) is 5.91 Å². The van der Waals surface area contributed by atoms with Gasteiger partial charge < -0.3 is 15.0 Å². The molecule has 6 nitrogen and oxygen atoms in total. The number of β-amino-alcohol motifs (C(OH)–C–C–N with tert-alkyl or cyclic N) is 1. The molecule has 1 atom stereocenters. The molecule has 3 heterocycles. The number of H-pyrrole nitrogens is 1. The van der Waals surface area contributed by atoms with E-state index in [-0.39, 0.29) is 12.0 Å². The largest absolute Gasteiger partial charge is 0.392 e. The van der Waals surface area contributed by atoms with E-state index in [1.807, 2.05) is 11.8 Å². The smallest absolute Gasteiger partial charge is 0.274 e. The average molecular weight is 292 g/mol. The van der Waals surface area contributed by atoms with E-state index in [1.165, 1.54) is 0 Å². The topological polar surface area (TPSA) is 72.5 Å². The van der Waals surface area contributed by atoms with Gasteiger partial charge in [0.1, 0.15) is 5.69 Å². The van der Waals surface area contributed by atoms with Crippen molar-refractivity contribution in [3.05, 3.63) is 17.7 Å². The van der Waals surface area contributed by atoms with Gasteiger partial charge in [0.2, 0.25) is 0 Å². The van der Waals surface area contributed by atoms with Gasteiger partial charge in [-0.05, 0) is 39.2 Å². The monoisotopic (exact) mass is 292 g/mol. The van der Waals surface area contributed by atoms with Gasteiger partial charge in [-0.3, -0.25) is 9.69 Å². The minimum Gasteiger partial charge on any atom is -0.392 e. The molecule has 3 rings (SSSR count). The third-order valence-electron chi connectivity index (χ3n) is 4.73. The Balaban J connectivity index is 1.55. The first-order valence-corrected chi connectivity index (χ1v) is 7.86. The van der Waals surface area contributed by atoms with Crippen LogP contribution in [0.1, 0.15) is 41.9 Å². The fourth-order valence-electron chi connectivity index (χ4n) is 3.47. The Morgan fingerprint density at radius 1 is 1.33 bits per heavy atom. The third kappa shape index (κ3) is 3.11. The first-order valence-electron chi connectivity index (χ1n) is 7.86. The maximum Gasteiger partial charge on any atom is 0.274 e. The lowest BCUT2D eigenvalue weighted by Crippen LogP contribution is -2.50. The number of aliphatic hydroxyl groups is 1. The van der Waals surface area contributed by atoms with E-state index in [2.05, 4.69) is 14.9 Å². The Bertz CT molecular complexity index is 494. The number of hydrogen-bond acceptors (Lipinski definition) is 4. The van der Waals surface area contributed by atoms with Crippen LogP contribution in [0.5, 0.6) is 0 Å². The van der Waals surface area contributed by atoms with Crippen LogP contribution in [-0.2, 0) is 0 Å². The highest BCUT2D eigenvalue weighted by Crippen LogP contribution is 2.22. The lowest BCUT2D eigenvalue weighted by atomic mass is 9.98. The molecule has 2 fully saturated rings. The Labute approximate surface area is 125 Å². The van der Waals surface area contributed by atoms with Crippen LogP contribution in [0.25, 0.3) is 0 Å². The lowest BCUT2D eigenvalue weighted by molar-refractivity contribution is 0.0239. The zero-order chi connectivity index (χ0) is 14.8. The molecule has 6 heteroatoms. The van der Waals surface area contributed by atoms with Gasteiger partial charge >= 0.3 is 0 Å². The van der Waals surface area contributed by atoms with Crippen molar-refractivity contribution in [1.29, 1.82) is 0 Å². The molecule has 0 unspecified atom stereocenters. The molecular weight excluding hydrogens is 268 g/mol. The third-order valence-corrected chi connectivity index (χ3v) is 4.73. The predicted octanol–water partition coefficient (Wildman–Crippen LogP) is 0.779. The lowest BCUT2D eigenvalue weighted by Gasteiger charge is -2.41. The molecule has 0 aliphatic carbocycles. The standard InChI is InChI=1S/C15H24N4O2/c1-11-14(17-10-16-11)15(21)18-7-4-12(5-8-18)19-6-2-3-13(20)9-19/h10,12-13,20H,2-9H2,1H3,(H,16,17)/t13-/m0/s1. The van der Waals surface area contributed by atoms with Gasteiger partial charge in [-0.2, -0.15) is 0 Å². The number of carbonyl (C=O) groups is 1. The summed E-state index contributed by atoms with van der Waals surface area (Å²) < 4.78 is 0. The van der Waals surface area contributed by atoms with Crippen LogP contribution in [-0.4, -0.2) is 69.1 Å². The SMILES string of the molecule is Cc1[nH]cnc1C(=O)N1CCC(N2CCC[C@H](O)C2)CC1. The molecular formula is C15H24N4O2. The highest BCUT2D eigenvalue weighted by molar-refractivity contribution is 5.93. The van der Waals surface area contributed by atoms with Gasteiger partial charge in [-0.25, -0.2) is 4.98 Å². The minimum atomic E-state index is -0.176. The number of aromatic nitrogens is 2. The van der Waals surface area contributed by atoms with Crippen molar-refractivity contribution in [3.8, 4) is 0 Å². The molecule has 0 aromatic carbocycles. The number of likely N-dealkylation sites (tertiary alicyclic amines) is 2. The van der Waals surface area contributed by atoms with Crippen LogP contribution in [0.15, 0.2) is 6.33 Å². The summed E-state index contributed by atoms with van der Waals surface area (Å²) in [7, 11) is 0. The maximum absolute atomic E-state index is 12.4. The molecule has 1 amide bonds. The molecule has 116 valence electrons. The number of hydrogen-bond donors (Lipinski definition) is 2. The first-order chi connectivity index (χ1) is 10.1. The summed E-state index contributed by atoms with van der Waals surface area (Å²) in [6, 6.07) is 0.504. The highest BCUT2D eigenvalue weighted by atomic mass is 16.3. The Morgan fingerprint density at radius 3 is 2.71 bits per heavy atom. The molecule has 2 aliphatic heterocycles. The molecule has 0 spiro atoms. The normalized spacial score (nSPS) is 25.2. The number of nitrogens with one attached hydrogen (secondary N) is 1. The second kappa shape index (κ2) is 6.15. The Kier molecular flexibility index (Phi) is 4.26. The number of aliphatic hydroxyl groups excluding tert-OH is 1. The second-order valence-corrected chi connectivity index (χ2v) is 6.19. The first kappa shape index (κ1) is 14.5. The number of amides is 1.